The van der Waals surface area contributed by atoms with E-state index in [0.717, 1.165) is 0 Å². The molecule has 0 atom stereocenters. The molecular weight excluding hydrogens is 665 g/mol. The third kappa shape index (κ3) is 4.02. The van der Waals surface area contributed by atoms with E-state index in [1.807, 2.05) is 22.7 Å². The minimum Gasteiger partial charge on any atom is -0.135 e. The zero-order chi connectivity index (χ0) is 33.9. The highest BCUT2D eigenvalue weighted by Gasteiger charge is 2.17. The number of rotatable bonds is 2. The first kappa shape index (κ1) is 28.6. The van der Waals surface area contributed by atoms with Gasteiger partial charge in [0.2, 0.25) is 0 Å². The van der Waals surface area contributed by atoms with Crippen LogP contribution in [0.2, 0.25) is 0 Å². The van der Waals surface area contributed by atoms with Crippen LogP contribution in [-0.4, -0.2) is 0 Å². The predicted molar refractivity (Wildman–Crippen MR) is 231 cm³/mol. The van der Waals surface area contributed by atoms with E-state index in [2.05, 4.69) is 170 Å². The van der Waals surface area contributed by atoms with Gasteiger partial charge < -0.3 is 0 Å². The van der Waals surface area contributed by atoms with Crippen LogP contribution in [0.4, 0.5) is 0 Å². The summed E-state index contributed by atoms with van der Waals surface area (Å²) in [6, 6.07) is 63.5. The van der Waals surface area contributed by atoms with Gasteiger partial charge in [-0.3, -0.25) is 0 Å². The minimum absolute atomic E-state index is 1.25. The fourth-order valence-corrected chi connectivity index (χ4v) is 11.3. The average molecular weight is 693 g/mol. The fourth-order valence-electron chi connectivity index (χ4n) is 8.78. The van der Waals surface area contributed by atoms with Crippen molar-refractivity contribution in [2.24, 2.45) is 0 Å². The lowest BCUT2D eigenvalue weighted by Crippen LogP contribution is -1.83. The molecule has 0 bridgehead atoms. The Bertz CT molecular complexity index is 3240. The molecule has 52 heavy (non-hydrogen) atoms. The Labute approximate surface area is 307 Å². The maximum absolute atomic E-state index is 2.41. The Morgan fingerprint density at radius 2 is 0.577 bits per heavy atom. The second kappa shape index (κ2) is 10.7. The largest absolute Gasteiger partial charge is 0.135 e. The highest BCUT2D eigenvalue weighted by Crippen LogP contribution is 2.46. The molecule has 2 heterocycles. The summed E-state index contributed by atoms with van der Waals surface area (Å²) >= 11 is 3.83. The third-order valence-electron chi connectivity index (χ3n) is 11.2. The van der Waals surface area contributed by atoms with Crippen LogP contribution in [0.1, 0.15) is 0 Å². The summed E-state index contributed by atoms with van der Waals surface area (Å²) in [5.41, 5.74) is 5.00. The molecule has 0 aliphatic heterocycles. The van der Waals surface area contributed by atoms with Crippen molar-refractivity contribution in [2.45, 2.75) is 0 Å². The summed E-state index contributed by atoms with van der Waals surface area (Å²) in [6.45, 7) is 0. The second-order valence-corrected chi connectivity index (χ2v) is 16.1. The molecule has 0 saturated heterocycles. The van der Waals surface area contributed by atoms with Crippen molar-refractivity contribution >= 4 is 117 Å². The van der Waals surface area contributed by atoms with E-state index in [0.29, 0.717) is 0 Å². The van der Waals surface area contributed by atoms with Crippen molar-refractivity contribution in [3.8, 4) is 22.3 Å². The van der Waals surface area contributed by atoms with Crippen LogP contribution in [0.5, 0.6) is 0 Å². The van der Waals surface area contributed by atoms with Gasteiger partial charge >= 0.3 is 0 Å². The first-order chi connectivity index (χ1) is 25.8. The van der Waals surface area contributed by atoms with Crippen molar-refractivity contribution in [3.05, 3.63) is 170 Å². The number of thiophene rings is 2. The van der Waals surface area contributed by atoms with Crippen molar-refractivity contribution in [1.82, 2.24) is 0 Å². The standard InChI is InChI=1S/C50H28S2/c1-5-13-39-35(9-1)37-11-3-7-15-41(37)49-47(39)43-27-33(21-23-45(43)51-49)31-19-17-30-26-32(20-18-29(30)25-31)34-22-24-46-44(28-34)48-40-14-6-2-10-36(40)38-12-4-8-16-42(38)50(48)52-46/h1-28H. The Morgan fingerprint density at radius 3 is 1.00 bits per heavy atom. The normalized spacial score (nSPS) is 12.2. The molecule has 0 radical (unpaired) electrons. The second-order valence-electron chi connectivity index (χ2n) is 14.0. The highest BCUT2D eigenvalue weighted by molar-refractivity contribution is 7.27. The Balaban J connectivity index is 0.983. The first-order valence-corrected chi connectivity index (χ1v) is 19.5. The molecule has 0 saturated carbocycles. The van der Waals surface area contributed by atoms with Gasteiger partial charge in [-0.15, -0.1) is 22.7 Å². The molecule has 240 valence electrons. The topological polar surface area (TPSA) is 0 Å². The van der Waals surface area contributed by atoms with Crippen LogP contribution in [0.15, 0.2) is 170 Å². The molecule has 2 aromatic heterocycles. The van der Waals surface area contributed by atoms with Gasteiger partial charge in [0.15, 0.2) is 0 Å². The molecule has 2 heteroatoms. The average Bonchev–Trinajstić information content (AvgIpc) is 3.80. The Morgan fingerprint density at radius 1 is 0.250 bits per heavy atom. The minimum atomic E-state index is 1.25. The number of hydrogen-bond donors (Lipinski definition) is 0. The molecule has 0 aliphatic carbocycles. The summed E-state index contributed by atoms with van der Waals surface area (Å²) in [5, 5.41) is 18.6. The maximum Gasteiger partial charge on any atom is 0.0440 e. The molecule has 0 amide bonds. The fraction of sp³-hybridized carbons (Fsp3) is 0. The zero-order valence-electron chi connectivity index (χ0n) is 28.0. The number of benzene rings is 10. The van der Waals surface area contributed by atoms with Gasteiger partial charge in [0.1, 0.15) is 0 Å². The molecule has 0 fully saturated rings. The van der Waals surface area contributed by atoms with Crippen LogP contribution >= 0.6 is 22.7 Å². The van der Waals surface area contributed by atoms with Gasteiger partial charge in [-0.25, -0.2) is 0 Å². The molecular formula is C50H28S2. The summed E-state index contributed by atoms with van der Waals surface area (Å²) < 4.78 is 5.43. The van der Waals surface area contributed by atoms with Gasteiger partial charge in [-0.05, 0) is 102 Å². The predicted octanol–water partition coefficient (Wildman–Crippen LogP) is 15.5. The molecule has 12 rings (SSSR count). The summed E-state index contributed by atoms with van der Waals surface area (Å²) in [6.07, 6.45) is 0. The molecule has 0 nitrogen and oxygen atoms in total. The first-order valence-electron chi connectivity index (χ1n) is 17.8. The number of hydrogen-bond acceptors (Lipinski definition) is 2. The third-order valence-corrected chi connectivity index (χ3v) is 13.6. The van der Waals surface area contributed by atoms with Crippen LogP contribution in [-0.2, 0) is 0 Å². The van der Waals surface area contributed by atoms with Crippen LogP contribution in [0.25, 0.3) is 116 Å². The smallest absolute Gasteiger partial charge is 0.0440 e. The van der Waals surface area contributed by atoms with E-state index >= 15 is 0 Å². The van der Waals surface area contributed by atoms with E-state index in [4.69, 9.17) is 0 Å². The van der Waals surface area contributed by atoms with Crippen LogP contribution in [0.3, 0.4) is 0 Å². The zero-order valence-corrected chi connectivity index (χ0v) is 29.6. The monoisotopic (exact) mass is 692 g/mol. The van der Waals surface area contributed by atoms with Gasteiger partial charge in [0.25, 0.3) is 0 Å². The molecule has 0 spiro atoms. The SMILES string of the molecule is c1ccc2c(c1)c1ccccc1c1c3cc(-c4ccc5cc(-c6ccc7sc8c9ccccc9c9ccccc9c8c7c6)ccc5c4)ccc3sc21. The van der Waals surface area contributed by atoms with Crippen molar-refractivity contribution in [3.63, 3.8) is 0 Å². The van der Waals surface area contributed by atoms with E-state index < -0.39 is 0 Å². The highest BCUT2D eigenvalue weighted by atomic mass is 32.1. The van der Waals surface area contributed by atoms with E-state index in [-0.39, 0.29) is 0 Å². The molecule has 10 aromatic carbocycles. The summed E-state index contributed by atoms with van der Waals surface area (Å²) in [5.74, 6) is 0. The molecule has 0 unspecified atom stereocenters. The van der Waals surface area contributed by atoms with Gasteiger partial charge in [-0.1, -0.05) is 133 Å². The van der Waals surface area contributed by atoms with E-state index in [1.165, 1.54) is 116 Å². The number of fused-ring (bicyclic) bond motifs is 17. The van der Waals surface area contributed by atoms with Crippen LogP contribution in [0, 0.1) is 0 Å². The van der Waals surface area contributed by atoms with Gasteiger partial charge in [-0.2, -0.15) is 0 Å². The van der Waals surface area contributed by atoms with Crippen LogP contribution < -0.4 is 0 Å². The molecule has 0 N–H and O–H groups in total. The van der Waals surface area contributed by atoms with E-state index in [9.17, 15) is 0 Å². The van der Waals surface area contributed by atoms with Crippen molar-refractivity contribution in [2.75, 3.05) is 0 Å². The van der Waals surface area contributed by atoms with Gasteiger partial charge in [0.05, 0.1) is 0 Å². The van der Waals surface area contributed by atoms with Gasteiger partial charge in [0, 0.05) is 51.1 Å². The van der Waals surface area contributed by atoms with E-state index in [1.54, 1.807) is 0 Å². The van der Waals surface area contributed by atoms with Crippen molar-refractivity contribution in [1.29, 1.82) is 0 Å². The lowest BCUT2D eigenvalue weighted by Gasteiger charge is -2.09. The van der Waals surface area contributed by atoms with Crippen molar-refractivity contribution < 1.29 is 0 Å². The quantitative estimate of drug-likeness (QED) is 0.158. The maximum atomic E-state index is 2.41. The summed E-state index contributed by atoms with van der Waals surface area (Å²) in [7, 11) is 0. The molecule has 12 aromatic rings. The lowest BCUT2D eigenvalue weighted by molar-refractivity contribution is 1.67. The summed E-state index contributed by atoms with van der Waals surface area (Å²) in [4.78, 5) is 0. The Kier molecular flexibility index (Phi) is 5.90. The molecule has 0 aliphatic rings. The Hall–Kier alpha value is -6.06. The lowest BCUT2D eigenvalue weighted by atomic mass is 9.94.